The molecule has 0 heterocycles. The van der Waals surface area contributed by atoms with Crippen molar-refractivity contribution in [2.24, 2.45) is 23.7 Å². The molecular formula is C21H30O. The highest BCUT2D eigenvalue weighted by Crippen LogP contribution is 2.48. The fourth-order valence-electron chi connectivity index (χ4n) is 3.84. The van der Waals surface area contributed by atoms with Crippen LogP contribution in [0.25, 0.3) is 0 Å². The van der Waals surface area contributed by atoms with Crippen molar-refractivity contribution in [3.05, 3.63) is 53.6 Å². The predicted octanol–water partition coefficient (Wildman–Crippen LogP) is 5.71. The van der Waals surface area contributed by atoms with Crippen LogP contribution in [0.5, 0.6) is 5.75 Å². The standard InChI is InChI=1S/C21H30O/c1-14(2)17-7-12-20(15(3)4)21(13-17,16(5)6)18-8-10-19(22)11-9-18/h7-16,20,22H,1-6H3. The minimum absolute atomic E-state index is 0.00375. The Kier molecular flexibility index (Phi) is 4.84. The second-order valence-corrected chi connectivity index (χ2v) is 7.56. The van der Waals surface area contributed by atoms with Gasteiger partial charge in [0.15, 0.2) is 0 Å². The Hall–Kier alpha value is -1.50. The molecule has 0 radical (unpaired) electrons. The van der Waals surface area contributed by atoms with Gasteiger partial charge in [0.05, 0.1) is 0 Å². The Morgan fingerprint density at radius 2 is 1.55 bits per heavy atom. The van der Waals surface area contributed by atoms with Crippen molar-refractivity contribution in [1.82, 2.24) is 0 Å². The lowest BCUT2D eigenvalue weighted by molar-refractivity contribution is 0.233. The SMILES string of the molecule is CC(C)C1=CC(c2ccc(O)cc2)(C(C)C)C(C(C)C)C=C1. The van der Waals surface area contributed by atoms with Crippen LogP contribution in [0.4, 0.5) is 0 Å². The van der Waals surface area contributed by atoms with Gasteiger partial charge >= 0.3 is 0 Å². The minimum atomic E-state index is -0.00375. The summed E-state index contributed by atoms with van der Waals surface area (Å²) in [7, 11) is 0. The van der Waals surface area contributed by atoms with Crippen LogP contribution in [0.2, 0.25) is 0 Å². The van der Waals surface area contributed by atoms with Crippen LogP contribution in [0.1, 0.15) is 47.1 Å². The molecule has 2 rings (SSSR count). The van der Waals surface area contributed by atoms with E-state index in [9.17, 15) is 5.11 Å². The Balaban J connectivity index is 2.66. The highest BCUT2D eigenvalue weighted by Gasteiger charge is 2.43. The smallest absolute Gasteiger partial charge is 0.115 e. The molecular weight excluding hydrogens is 268 g/mol. The van der Waals surface area contributed by atoms with Gasteiger partial charge in [0, 0.05) is 5.41 Å². The molecule has 1 aliphatic rings. The third-order valence-electron chi connectivity index (χ3n) is 5.16. The molecule has 0 bridgehead atoms. The van der Waals surface area contributed by atoms with E-state index < -0.39 is 0 Å². The van der Waals surface area contributed by atoms with E-state index in [0.717, 1.165) is 0 Å². The molecule has 1 aromatic carbocycles. The zero-order chi connectivity index (χ0) is 16.5. The van der Waals surface area contributed by atoms with Crippen LogP contribution < -0.4 is 0 Å². The number of phenols is 1. The Bertz CT molecular complexity index is 560. The molecule has 0 saturated heterocycles. The molecule has 0 fully saturated rings. The zero-order valence-corrected chi connectivity index (χ0v) is 14.8. The van der Waals surface area contributed by atoms with Crippen molar-refractivity contribution in [3.8, 4) is 5.75 Å². The van der Waals surface area contributed by atoms with Crippen molar-refractivity contribution < 1.29 is 5.11 Å². The molecule has 22 heavy (non-hydrogen) atoms. The zero-order valence-electron chi connectivity index (χ0n) is 14.8. The predicted molar refractivity (Wildman–Crippen MR) is 95.0 cm³/mol. The molecule has 2 atom stereocenters. The third kappa shape index (κ3) is 2.86. The summed E-state index contributed by atoms with van der Waals surface area (Å²) in [4.78, 5) is 0. The molecule has 0 amide bonds. The number of benzene rings is 1. The number of allylic oxidation sites excluding steroid dienone is 4. The summed E-state index contributed by atoms with van der Waals surface area (Å²) in [5, 5.41) is 9.66. The Morgan fingerprint density at radius 3 is 2.00 bits per heavy atom. The molecule has 1 aliphatic carbocycles. The first-order chi connectivity index (χ1) is 10.3. The lowest BCUT2D eigenvalue weighted by Gasteiger charge is -2.46. The van der Waals surface area contributed by atoms with Crippen LogP contribution >= 0.6 is 0 Å². The topological polar surface area (TPSA) is 20.2 Å². The van der Waals surface area contributed by atoms with Gasteiger partial charge in [0.2, 0.25) is 0 Å². The van der Waals surface area contributed by atoms with E-state index in [2.05, 4.69) is 71.9 Å². The van der Waals surface area contributed by atoms with Crippen molar-refractivity contribution in [1.29, 1.82) is 0 Å². The largest absolute Gasteiger partial charge is 0.508 e. The quantitative estimate of drug-likeness (QED) is 0.754. The first-order valence-corrected chi connectivity index (χ1v) is 8.49. The van der Waals surface area contributed by atoms with Gasteiger partial charge in [-0.1, -0.05) is 71.9 Å². The molecule has 0 saturated carbocycles. The average Bonchev–Trinajstić information content (AvgIpc) is 2.46. The van der Waals surface area contributed by atoms with Crippen LogP contribution in [0.3, 0.4) is 0 Å². The van der Waals surface area contributed by atoms with E-state index >= 15 is 0 Å². The molecule has 0 spiro atoms. The number of aromatic hydroxyl groups is 1. The maximum Gasteiger partial charge on any atom is 0.115 e. The summed E-state index contributed by atoms with van der Waals surface area (Å²) in [5.74, 6) is 2.39. The van der Waals surface area contributed by atoms with E-state index in [0.29, 0.717) is 29.4 Å². The summed E-state index contributed by atoms with van der Waals surface area (Å²) in [6.07, 6.45) is 7.22. The van der Waals surface area contributed by atoms with E-state index in [1.165, 1.54) is 11.1 Å². The van der Waals surface area contributed by atoms with Gasteiger partial charge < -0.3 is 5.11 Å². The fourth-order valence-corrected chi connectivity index (χ4v) is 3.84. The van der Waals surface area contributed by atoms with Gasteiger partial charge in [-0.15, -0.1) is 0 Å². The van der Waals surface area contributed by atoms with Gasteiger partial charge in [-0.2, -0.15) is 0 Å². The lowest BCUT2D eigenvalue weighted by atomic mass is 9.57. The average molecular weight is 298 g/mol. The summed E-state index contributed by atoms with van der Waals surface area (Å²) >= 11 is 0. The highest BCUT2D eigenvalue weighted by atomic mass is 16.3. The summed E-state index contributed by atoms with van der Waals surface area (Å²) < 4.78 is 0. The van der Waals surface area contributed by atoms with Crippen LogP contribution in [0, 0.1) is 23.7 Å². The van der Waals surface area contributed by atoms with Gasteiger partial charge in [-0.3, -0.25) is 0 Å². The maximum absolute atomic E-state index is 9.66. The van der Waals surface area contributed by atoms with Crippen LogP contribution in [0.15, 0.2) is 48.1 Å². The first-order valence-electron chi connectivity index (χ1n) is 8.49. The molecule has 1 N–H and O–H groups in total. The normalized spacial score (nSPS) is 25.1. The summed E-state index contributed by atoms with van der Waals surface area (Å²) in [6.45, 7) is 13.8. The number of hydrogen-bond donors (Lipinski definition) is 1. The Morgan fingerprint density at radius 1 is 0.955 bits per heavy atom. The second-order valence-electron chi connectivity index (χ2n) is 7.56. The minimum Gasteiger partial charge on any atom is -0.508 e. The highest BCUT2D eigenvalue weighted by molar-refractivity contribution is 5.44. The van der Waals surface area contributed by atoms with Crippen molar-refractivity contribution >= 4 is 0 Å². The number of rotatable bonds is 4. The molecule has 120 valence electrons. The molecule has 1 heteroatoms. The van der Waals surface area contributed by atoms with Gasteiger partial charge in [-0.25, -0.2) is 0 Å². The third-order valence-corrected chi connectivity index (χ3v) is 5.16. The van der Waals surface area contributed by atoms with Crippen molar-refractivity contribution in [2.45, 2.75) is 47.0 Å². The fraction of sp³-hybridized carbons (Fsp3) is 0.524. The molecule has 1 aromatic rings. The molecule has 0 aromatic heterocycles. The van der Waals surface area contributed by atoms with E-state index in [4.69, 9.17) is 0 Å². The van der Waals surface area contributed by atoms with Gasteiger partial charge in [0.25, 0.3) is 0 Å². The lowest BCUT2D eigenvalue weighted by Crippen LogP contribution is -2.42. The summed E-state index contributed by atoms with van der Waals surface area (Å²) in [6, 6.07) is 7.83. The number of phenolic OH excluding ortho intramolecular Hbond substituents is 1. The van der Waals surface area contributed by atoms with E-state index in [-0.39, 0.29) is 5.41 Å². The summed E-state index contributed by atoms with van der Waals surface area (Å²) in [5.41, 5.74) is 2.72. The second kappa shape index (κ2) is 6.32. The van der Waals surface area contributed by atoms with E-state index in [1.807, 2.05) is 12.1 Å². The molecule has 1 nitrogen and oxygen atoms in total. The first kappa shape index (κ1) is 16.9. The van der Waals surface area contributed by atoms with Gasteiger partial charge in [-0.05, 0) is 46.9 Å². The maximum atomic E-state index is 9.66. The van der Waals surface area contributed by atoms with Gasteiger partial charge in [0.1, 0.15) is 5.75 Å². The van der Waals surface area contributed by atoms with Crippen LogP contribution in [-0.2, 0) is 5.41 Å². The molecule has 2 unspecified atom stereocenters. The molecule has 0 aliphatic heterocycles. The number of hydrogen-bond acceptors (Lipinski definition) is 1. The van der Waals surface area contributed by atoms with E-state index in [1.54, 1.807) is 0 Å². The Labute approximate surface area is 135 Å². The monoisotopic (exact) mass is 298 g/mol. The van der Waals surface area contributed by atoms with Crippen molar-refractivity contribution in [2.75, 3.05) is 0 Å². The van der Waals surface area contributed by atoms with Crippen LogP contribution in [-0.4, -0.2) is 5.11 Å². The van der Waals surface area contributed by atoms with Crippen molar-refractivity contribution in [3.63, 3.8) is 0 Å².